The SMILES string of the molecule is NCN1CCC=CO1. The average molecular weight is 114 g/mol. The summed E-state index contributed by atoms with van der Waals surface area (Å²) in [7, 11) is 0. The Morgan fingerprint density at radius 1 is 1.75 bits per heavy atom. The largest absolute Gasteiger partial charge is 0.413 e. The highest BCUT2D eigenvalue weighted by Crippen LogP contribution is 1.98. The Labute approximate surface area is 48.7 Å². The lowest BCUT2D eigenvalue weighted by atomic mass is 10.4. The molecule has 0 aromatic heterocycles. The van der Waals surface area contributed by atoms with Gasteiger partial charge in [0.1, 0.15) is 6.26 Å². The molecule has 1 aliphatic rings. The van der Waals surface area contributed by atoms with Crippen LogP contribution in [0.1, 0.15) is 6.42 Å². The van der Waals surface area contributed by atoms with Crippen LogP contribution in [0.25, 0.3) is 0 Å². The van der Waals surface area contributed by atoms with E-state index in [4.69, 9.17) is 10.6 Å². The third kappa shape index (κ3) is 1.21. The van der Waals surface area contributed by atoms with Crippen molar-refractivity contribution in [3.05, 3.63) is 12.3 Å². The Kier molecular flexibility index (Phi) is 1.88. The quantitative estimate of drug-likeness (QED) is 0.523. The Morgan fingerprint density at radius 2 is 2.62 bits per heavy atom. The maximum atomic E-state index is 5.27. The Morgan fingerprint density at radius 3 is 3.00 bits per heavy atom. The van der Waals surface area contributed by atoms with Crippen LogP contribution in [0.15, 0.2) is 12.3 Å². The van der Waals surface area contributed by atoms with Gasteiger partial charge in [0.25, 0.3) is 0 Å². The number of rotatable bonds is 1. The van der Waals surface area contributed by atoms with Crippen molar-refractivity contribution in [1.82, 2.24) is 5.06 Å². The van der Waals surface area contributed by atoms with Gasteiger partial charge in [-0.1, -0.05) is 0 Å². The van der Waals surface area contributed by atoms with Crippen molar-refractivity contribution < 1.29 is 4.84 Å². The standard InChI is InChI=1S/C5H10N2O/c6-5-7-3-1-2-4-8-7/h2,4H,1,3,5-6H2. The number of hydrogen-bond donors (Lipinski definition) is 1. The van der Waals surface area contributed by atoms with Crippen LogP contribution in [-0.4, -0.2) is 18.3 Å². The van der Waals surface area contributed by atoms with Crippen LogP contribution in [0.3, 0.4) is 0 Å². The van der Waals surface area contributed by atoms with Crippen molar-refractivity contribution in [2.45, 2.75) is 6.42 Å². The van der Waals surface area contributed by atoms with Gasteiger partial charge >= 0.3 is 0 Å². The number of nitrogens with two attached hydrogens (primary N) is 1. The molecule has 0 fully saturated rings. The van der Waals surface area contributed by atoms with E-state index in [9.17, 15) is 0 Å². The van der Waals surface area contributed by atoms with Crippen molar-refractivity contribution in [3.8, 4) is 0 Å². The molecule has 0 bridgehead atoms. The maximum absolute atomic E-state index is 5.27. The minimum atomic E-state index is 0.477. The lowest BCUT2D eigenvalue weighted by Crippen LogP contribution is -2.30. The molecule has 1 rings (SSSR count). The van der Waals surface area contributed by atoms with Crippen molar-refractivity contribution >= 4 is 0 Å². The van der Waals surface area contributed by atoms with Crippen LogP contribution in [0.4, 0.5) is 0 Å². The highest BCUT2D eigenvalue weighted by molar-refractivity contribution is 4.77. The molecule has 0 saturated heterocycles. The number of nitrogens with zero attached hydrogens (tertiary/aromatic N) is 1. The lowest BCUT2D eigenvalue weighted by molar-refractivity contribution is -0.108. The molecule has 0 amide bonds. The summed E-state index contributed by atoms with van der Waals surface area (Å²) < 4.78 is 0. The first-order chi connectivity index (χ1) is 3.93. The van der Waals surface area contributed by atoms with Crippen molar-refractivity contribution in [1.29, 1.82) is 0 Å². The van der Waals surface area contributed by atoms with E-state index in [1.165, 1.54) is 0 Å². The maximum Gasteiger partial charge on any atom is 0.107 e. The van der Waals surface area contributed by atoms with E-state index in [1.54, 1.807) is 11.3 Å². The summed E-state index contributed by atoms with van der Waals surface area (Å²) in [5.74, 6) is 0. The van der Waals surface area contributed by atoms with Crippen LogP contribution in [0, 0.1) is 0 Å². The van der Waals surface area contributed by atoms with Crippen LogP contribution in [-0.2, 0) is 4.84 Å². The molecule has 0 spiro atoms. The predicted octanol–water partition coefficient (Wildman–Crippen LogP) is 0.0536. The van der Waals surface area contributed by atoms with E-state index in [0.29, 0.717) is 6.67 Å². The molecule has 3 nitrogen and oxygen atoms in total. The fourth-order valence-electron chi connectivity index (χ4n) is 0.603. The molecule has 0 radical (unpaired) electrons. The fraction of sp³-hybridized carbons (Fsp3) is 0.600. The van der Waals surface area contributed by atoms with Gasteiger partial charge in [-0.15, -0.1) is 5.06 Å². The molecule has 0 saturated carbocycles. The van der Waals surface area contributed by atoms with E-state index in [-0.39, 0.29) is 0 Å². The number of hydrogen-bond acceptors (Lipinski definition) is 3. The van der Waals surface area contributed by atoms with Crippen molar-refractivity contribution in [2.75, 3.05) is 13.2 Å². The molecule has 46 valence electrons. The minimum Gasteiger partial charge on any atom is -0.413 e. The summed E-state index contributed by atoms with van der Waals surface area (Å²) in [5.41, 5.74) is 5.27. The highest BCUT2D eigenvalue weighted by Gasteiger charge is 2.01. The normalized spacial score (nSPS) is 20.6. The minimum absolute atomic E-state index is 0.477. The van der Waals surface area contributed by atoms with E-state index in [1.807, 2.05) is 6.08 Å². The molecule has 0 aromatic carbocycles. The molecular weight excluding hydrogens is 104 g/mol. The molecule has 8 heavy (non-hydrogen) atoms. The van der Waals surface area contributed by atoms with Gasteiger partial charge in [-0.05, 0) is 12.5 Å². The van der Waals surface area contributed by atoms with Crippen LogP contribution >= 0.6 is 0 Å². The summed E-state index contributed by atoms with van der Waals surface area (Å²) in [6, 6.07) is 0. The van der Waals surface area contributed by atoms with Gasteiger partial charge < -0.3 is 10.6 Å². The van der Waals surface area contributed by atoms with E-state index >= 15 is 0 Å². The Hall–Kier alpha value is -0.540. The van der Waals surface area contributed by atoms with Gasteiger partial charge in [0.2, 0.25) is 0 Å². The highest BCUT2D eigenvalue weighted by atomic mass is 16.7. The van der Waals surface area contributed by atoms with Gasteiger partial charge in [0.15, 0.2) is 0 Å². The summed E-state index contributed by atoms with van der Waals surface area (Å²) >= 11 is 0. The van der Waals surface area contributed by atoms with Crippen molar-refractivity contribution in [3.63, 3.8) is 0 Å². The third-order valence-electron chi connectivity index (χ3n) is 1.05. The molecule has 1 heterocycles. The first kappa shape index (κ1) is 5.59. The second-order valence-corrected chi connectivity index (χ2v) is 1.65. The van der Waals surface area contributed by atoms with Gasteiger partial charge in [0.05, 0.1) is 6.67 Å². The molecule has 2 N–H and O–H groups in total. The molecule has 3 heteroatoms. The van der Waals surface area contributed by atoms with Gasteiger partial charge in [0, 0.05) is 6.54 Å². The second kappa shape index (κ2) is 2.69. The summed E-state index contributed by atoms with van der Waals surface area (Å²) in [6.45, 7) is 1.39. The average Bonchev–Trinajstić information content (AvgIpc) is 1.90. The lowest BCUT2D eigenvalue weighted by Gasteiger charge is -2.19. The smallest absolute Gasteiger partial charge is 0.107 e. The fourth-order valence-corrected chi connectivity index (χ4v) is 0.603. The molecular formula is C5H10N2O. The van der Waals surface area contributed by atoms with Gasteiger partial charge in [-0.25, -0.2) is 0 Å². The van der Waals surface area contributed by atoms with Gasteiger partial charge in [-0.2, -0.15) is 0 Å². The topological polar surface area (TPSA) is 38.5 Å². The summed E-state index contributed by atoms with van der Waals surface area (Å²) in [4.78, 5) is 4.95. The van der Waals surface area contributed by atoms with E-state index in [0.717, 1.165) is 13.0 Å². The first-order valence-electron chi connectivity index (χ1n) is 2.70. The molecule has 0 atom stereocenters. The molecule has 1 aliphatic heterocycles. The predicted molar refractivity (Wildman–Crippen MR) is 30.6 cm³/mol. The zero-order chi connectivity index (χ0) is 5.82. The van der Waals surface area contributed by atoms with Gasteiger partial charge in [-0.3, -0.25) is 0 Å². The Bertz CT molecular complexity index is 92.4. The van der Waals surface area contributed by atoms with Crippen molar-refractivity contribution in [2.24, 2.45) is 5.73 Å². The van der Waals surface area contributed by atoms with E-state index < -0.39 is 0 Å². The third-order valence-corrected chi connectivity index (χ3v) is 1.05. The zero-order valence-corrected chi connectivity index (χ0v) is 4.71. The van der Waals surface area contributed by atoms with Crippen LogP contribution in [0.5, 0.6) is 0 Å². The zero-order valence-electron chi connectivity index (χ0n) is 4.71. The molecule has 0 unspecified atom stereocenters. The first-order valence-corrected chi connectivity index (χ1v) is 2.70. The summed E-state index contributed by atoms with van der Waals surface area (Å²) in [5, 5.41) is 1.71. The van der Waals surface area contributed by atoms with Crippen LogP contribution < -0.4 is 5.73 Å². The Balaban J connectivity index is 2.27. The summed E-state index contributed by atoms with van der Waals surface area (Å²) in [6.07, 6.45) is 4.68. The monoisotopic (exact) mass is 114 g/mol. The molecule has 0 aliphatic carbocycles. The van der Waals surface area contributed by atoms with Crippen LogP contribution in [0.2, 0.25) is 0 Å². The number of hydroxylamine groups is 2. The van der Waals surface area contributed by atoms with E-state index in [2.05, 4.69) is 0 Å². The second-order valence-electron chi connectivity index (χ2n) is 1.65. The molecule has 0 aromatic rings.